The largest absolute Gasteiger partial charge is 0.497 e. The van der Waals surface area contributed by atoms with E-state index in [2.05, 4.69) is 59.8 Å². The van der Waals surface area contributed by atoms with Crippen LogP contribution in [0, 0.1) is 6.92 Å². The van der Waals surface area contributed by atoms with Crippen LogP contribution in [0.5, 0.6) is 5.75 Å². The summed E-state index contributed by atoms with van der Waals surface area (Å²) in [6.07, 6.45) is 0.127. The molecule has 1 unspecified atom stereocenters. The summed E-state index contributed by atoms with van der Waals surface area (Å²) in [4.78, 5) is 0. The Morgan fingerprint density at radius 2 is 1.90 bits per heavy atom. The molecule has 0 saturated heterocycles. The maximum atomic E-state index is 6.05. The fourth-order valence-corrected chi connectivity index (χ4v) is 2.82. The van der Waals surface area contributed by atoms with Crippen LogP contribution in [0.25, 0.3) is 0 Å². The molecule has 2 rings (SSSR count). The lowest BCUT2D eigenvalue weighted by Gasteiger charge is -2.16. The number of alkyl halides is 1. The molecule has 0 spiro atoms. The van der Waals surface area contributed by atoms with Crippen molar-refractivity contribution < 1.29 is 9.47 Å². The molecule has 20 heavy (non-hydrogen) atoms. The number of rotatable bonds is 6. The van der Waals surface area contributed by atoms with Gasteiger partial charge in [-0.1, -0.05) is 64.6 Å². The molecule has 0 aliphatic rings. The average Bonchev–Trinajstić information content (AvgIpc) is 2.48. The third kappa shape index (κ3) is 4.21. The molecule has 0 fully saturated rings. The molecule has 0 bridgehead atoms. The minimum Gasteiger partial charge on any atom is -0.497 e. The van der Waals surface area contributed by atoms with E-state index in [1.807, 2.05) is 18.2 Å². The van der Waals surface area contributed by atoms with E-state index in [9.17, 15) is 0 Å². The summed E-state index contributed by atoms with van der Waals surface area (Å²) < 4.78 is 12.2. The lowest BCUT2D eigenvalue weighted by atomic mass is 10.1. The van der Waals surface area contributed by atoms with Crippen LogP contribution in [0.1, 0.15) is 22.8 Å². The lowest BCUT2D eigenvalue weighted by molar-refractivity contribution is 0.0576. The number of aryl methyl sites for hydroxylation is 1. The van der Waals surface area contributed by atoms with Crippen LogP contribution < -0.4 is 4.74 Å². The van der Waals surface area contributed by atoms with Crippen LogP contribution in [0.2, 0.25) is 0 Å². The highest BCUT2D eigenvalue weighted by molar-refractivity contribution is 14.1. The van der Waals surface area contributed by atoms with Gasteiger partial charge in [0.05, 0.1) is 19.8 Å². The smallest absolute Gasteiger partial charge is 0.119 e. The van der Waals surface area contributed by atoms with Crippen molar-refractivity contribution in [2.75, 3.05) is 11.5 Å². The molecule has 1 atom stereocenters. The Morgan fingerprint density at radius 1 is 1.10 bits per heavy atom. The van der Waals surface area contributed by atoms with Crippen molar-refractivity contribution in [1.82, 2.24) is 0 Å². The maximum Gasteiger partial charge on any atom is 0.119 e. The van der Waals surface area contributed by atoms with Crippen LogP contribution in [0.4, 0.5) is 0 Å². The summed E-state index contributed by atoms with van der Waals surface area (Å²) >= 11 is 2.37. The second-order valence-electron chi connectivity index (χ2n) is 4.72. The lowest BCUT2D eigenvalue weighted by Crippen LogP contribution is -2.06. The van der Waals surface area contributed by atoms with Gasteiger partial charge in [-0.25, -0.2) is 0 Å². The first-order valence-corrected chi connectivity index (χ1v) is 8.12. The van der Waals surface area contributed by atoms with E-state index in [4.69, 9.17) is 9.47 Å². The predicted molar refractivity (Wildman–Crippen MR) is 90.6 cm³/mol. The van der Waals surface area contributed by atoms with Crippen molar-refractivity contribution in [2.24, 2.45) is 0 Å². The maximum absolute atomic E-state index is 6.05. The highest BCUT2D eigenvalue weighted by Gasteiger charge is 2.11. The van der Waals surface area contributed by atoms with E-state index < -0.39 is 0 Å². The molecule has 2 aromatic carbocycles. The van der Waals surface area contributed by atoms with Crippen molar-refractivity contribution in [1.29, 1.82) is 0 Å². The van der Waals surface area contributed by atoms with E-state index in [0.717, 1.165) is 15.7 Å². The summed E-state index contributed by atoms with van der Waals surface area (Å²) in [5.74, 6) is 0.868. The monoisotopic (exact) mass is 382 g/mol. The molecule has 0 radical (unpaired) electrons. The van der Waals surface area contributed by atoms with Gasteiger partial charge in [-0.2, -0.15) is 0 Å². The Bertz CT molecular complexity index is 554. The summed E-state index contributed by atoms with van der Waals surface area (Å²) in [6.45, 7) is 2.70. The van der Waals surface area contributed by atoms with E-state index in [1.165, 1.54) is 11.1 Å². The Kier molecular flexibility index (Phi) is 5.86. The van der Waals surface area contributed by atoms with Gasteiger partial charge in [0.1, 0.15) is 5.75 Å². The van der Waals surface area contributed by atoms with Gasteiger partial charge in [-0.15, -0.1) is 0 Å². The van der Waals surface area contributed by atoms with Gasteiger partial charge >= 0.3 is 0 Å². The summed E-state index contributed by atoms with van der Waals surface area (Å²) in [6, 6.07) is 16.5. The molecule has 106 valence electrons. The molecular weight excluding hydrogens is 363 g/mol. The molecule has 2 nitrogen and oxygen atoms in total. The van der Waals surface area contributed by atoms with Gasteiger partial charge in [-0.3, -0.25) is 0 Å². The van der Waals surface area contributed by atoms with E-state index in [0.29, 0.717) is 6.61 Å². The Labute approximate surface area is 134 Å². The number of halogens is 1. The summed E-state index contributed by atoms with van der Waals surface area (Å²) in [5.41, 5.74) is 3.64. The van der Waals surface area contributed by atoms with Crippen molar-refractivity contribution in [3.8, 4) is 5.75 Å². The molecular formula is C17H19IO2. The van der Waals surface area contributed by atoms with E-state index in [-0.39, 0.29) is 6.10 Å². The fraction of sp³-hybridized carbons (Fsp3) is 0.294. The molecule has 3 heteroatoms. The van der Waals surface area contributed by atoms with Crippen LogP contribution >= 0.6 is 22.6 Å². The zero-order valence-electron chi connectivity index (χ0n) is 11.8. The number of benzene rings is 2. The molecule has 2 aromatic rings. The van der Waals surface area contributed by atoms with Crippen LogP contribution in [0.15, 0.2) is 48.5 Å². The van der Waals surface area contributed by atoms with Crippen molar-refractivity contribution in [3.63, 3.8) is 0 Å². The molecule has 0 aliphatic heterocycles. The number of hydrogen-bond acceptors (Lipinski definition) is 2. The standard InChI is InChI=1S/C17H19IO2/c1-13-5-3-7-15(9-13)17(11-18)20-12-14-6-4-8-16(10-14)19-2/h3-10,17H,11-12H2,1-2H3. The van der Waals surface area contributed by atoms with Gasteiger partial charge in [0.25, 0.3) is 0 Å². The van der Waals surface area contributed by atoms with Crippen molar-refractivity contribution in [2.45, 2.75) is 19.6 Å². The first kappa shape index (κ1) is 15.3. The molecule has 0 heterocycles. The third-order valence-electron chi connectivity index (χ3n) is 3.14. The first-order chi connectivity index (χ1) is 9.72. The summed E-state index contributed by atoms with van der Waals surface area (Å²) in [5, 5.41) is 0. The molecule has 0 N–H and O–H groups in total. The Balaban J connectivity index is 2.03. The van der Waals surface area contributed by atoms with Gasteiger partial charge < -0.3 is 9.47 Å². The number of ether oxygens (including phenoxy) is 2. The normalized spacial score (nSPS) is 12.2. The zero-order chi connectivity index (χ0) is 14.4. The Morgan fingerprint density at radius 3 is 2.60 bits per heavy atom. The second kappa shape index (κ2) is 7.64. The predicted octanol–water partition coefficient (Wildman–Crippen LogP) is 4.70. The van der Waals surface area contributed by atoms with Gasteiger partial charge in [-0.05, 0) is 30.2 Å². The zero-order valence-corrected chi connectivity index (χ0v) is 14.0. The van der Waals surface area contributed by atoms with Crippen LogP contribution in [0.3, 0.4) is 0 Å². The topological polar surface area (TPSA) is 18.5 Å². The second-order valence-corrected chi connectivity index (χ2v) is 5.60. The number of hydrogen-bond donors (Lipinski definition) is 0. The van der Waals surface area contributed by atoms with Crippen LogP contribution in [-0.4, -0.2) is 11.5 Å². The van der Waals surface area contributed by atoms with E-state index in [1.54, 1.807) is 7.11 Å². The minimum atomic E-state index is 0.127. The fourth-order valence-electron chi connectivity index (χ4n) is 2.06. The molecule has 0 amide bonds. The third-order valence-corrected chi connectivity index (χ3v) is 3.94. The van der Waals surface area contributed by atoms with Crippen molar-refractivity contribution in [3.05, 3.63) is 65.2 Å². The molecule has 0 saturated carbocycles. The van der Waals surface area contributed by atoms with Crippen molar-refractivity contribution >= 4 is 22.6 Å². The molecule has 0 aliphatic carbocycles. The number of methoxy groups -OCH3 is 1. The highest BCUT2D eigenvalue weighted by Crippen LogP contribution is 2.23. The SMILES string of the molecule is COc1cccc(COC(CI)c2cccc(C)c2)c1. The quantitative estimate of drug-likeness (QED) is 0.533. The van der Waals surface area contributed by atoms with Crippen LogP contribution in [-0.2, 0) is 11.3 Å². The van der Waals surface area contributed by atoms with E-state index >= 15 is 0 Å². The molecule has 0 aromatic heterocycles. The van der Waals surface area contributed by atoms with Gasteiger partial charge in [0, 0.05) is 4.43 Å². The van der Waals surface area contributed by atoms with Gasteiger partial charge in [0.2, 0.25) is 0 Å². The minimum absolute atomic E-state index is 0.127. The Hall–Kier alpha value is -1.07. The summed E-state index contributed by atoms with van der Waals surface area (Å²) in [7, 11) is 1.68. The average molecular weight is 382 g/mol. The first-order valence-electron chi connectivity index (χ1n) is 6.60. The van der Waals surface area contributed by atoms with Gasteiger partial charge in [0.15, 0.2) is 0 Å². The highest BCUT2D eigenvalue weighted by atomic mass is 127.